The van der Waals surface area contributed by atoms with Gasteiger partial charge >= 0.3 is 5.97 Å². The zero-order valence-electron chi connectivity index (χ0n) is 31.7. The van der Waals surface area contributed by atoms with Crippen molar-refractivity contribution in [3.05, 3.63) is 103 Å². The van der Waals surface area contributed by atoms with Crippen LogP contribution in [0, 0.1) is 11.3 Å². The number of carboxylic acids is 1. The van der Waals surface area contributed by atoms with Crippen molar-refractivity contribution >= 4 is 40.3 Å². The number of carbonyl (C=O) groups excluding carboxylic acids is 3. The van der Waals surface area contributed by atoms with Crippen LogP contribution in [0.25, 0.3) is 22.2 Å². The van der Waals surface area contributed by atoms with Crippen molar-refractivity contribution in [3.8, 4) is 17.0 Å². The lowest BCUT2D eigenvalue weighted by molar-refractivity contribution is -0.145. The van der Waals surface area contributed by atoms with Crippen molar-refractivity contribution in [1.82, 2.24) is 20.5 Å². The Kier molecular flexibility index (Phi) is 10.3. The van der Waals surface area contributed by atoms with Crippen molar-refractivity contribution in [2.24, 2.45) is 11.3 Å². The second-order valence-electron chi connectivity index (χ2n) is 16.4. The normalized spacial score (nSPS) is 21.5. The number of aliphatic carboxylic acids is 1. The molecule has 2 aliphatic rings. The first kappa shape index (κ1) is 38.0. The number of amides is 3. The molecule has 11 nitrogen and oxygen atoms in total. The maximum Gasteiger partial charge on any atom is 0.330 e. The third-order valence-electron chi connectivity index (χ3n) is 9.98. The average Bonchev–Trinajstić information content (AvgIpc) is 3.69. The predicted octanol–water partition coefficient (Wildman–Crippen LogP) is 6.45. The number of hydrogen-bond acceptors (Lipinski definition) is 7. The molecular formula is C43H49N5O6. The molecule has 3 aromatic carbocycles. The van der Waals surface area contributed by atoms with Gasteiger partial charge in [0.15, 0.2) is 0 Å². The smallest absolute Gasteiger partial charge is 0.330 e. The highest BCUT2D eigenvalue weighted by atomic mass is 16.5. The number of fused-ring (bicyclic) bond motifs is 1. The van der Waals surface area contributed by atoms with Gasteiger partial charge in [-0.2, -0.15) is 0 Å². The van der Waals surface area contributed by atoms with Crippen LogP contribution in [-0.2, 0) is 14.4 Å². The summed E-state index contributed by atoms with van der Waals surface area (Å²) in [6.45, 7) is 15.3. The number of carbonyl (C=O) groups is 4. The number of nitrogens with zero attached hydrogens (tertiary/aromatic N) is 2. The van der Waals surface area contributed by atoms with Crippen molar-refractivity contribution in [2.75, 3.05) is 11.9 Å². The molecule has 6 rings (SSSR count). The summed E-state index contributed by atoms with van der Waals surface area (Å²) in [4.78, 5) is 60.4. The minimum atomic E-state index is -1.47. The lowest BCUT2D eigenvalue weighted by Gasteiger charge is -2.36. The van der Waals surface area contributed by atoms with Gasteiger partial charge in [-0.25, -0.2) is 9.78 Å². The summed E-state index contributed by atoms with van der Waals surface area (Å²) in [5.74, 6) is -2.11. The predicted molar refractivity (Wildman–Crippen MR) is 209 cm³/mol. The molecule has 11 heteroatoms. The molecule has 0 radical (unpaired) electrons. The first-order valence-electron chi connectivity index (χ1n) is 18.3. The molecule has 1 unspecified atom stereocenters. The van der Waals surface area contributed by atoms with Crippen LogP contribution in [0.15, 0.2) is 97.6 Å². The molecule has 1 saturated heterocycles. The number of hydrogen-bond donors (Lipinski definition) is 4. The topological polar surface area (TPSA) is 150 Å². The van der Waals surface area contributed by atoms with E-state index in [1.54, 1.807) is 24.3 Å². The number of ether oxygens (including phenoxy) is 1. The second kappa shape index (κ2) is 14.6. The van der Waals surface area contributed by atoms with E-state index < -0.39 is 52.5 Å². The van der Waals surface area contributed by atoms with Gasteiger partial charge in [0.2, 0.25) is 11.8 Å². The summed E-state index contributed by atoms with van der Waals surface area (Å²) in [5, 5.41) is 20.0. The molecule has 2 heterocycles. The van der Waals surface area contributed by atoms with Gasteiger partial charge in [-0.3, -0.25) is 14.4 Å². The van der Waals surface area contributed by atoms with Crippen LogP contribution in [0.5, 0.6) is 5.75 Å². The Morgan fingerprint density at radius 1 is 0.963 bits per heavy atom. The number of carboxylic acid groups (broad SMARTS) is 1. The molecule has 54 heavy (non-hydrogen) atoms. The number of anilines is 1. The highest BCUT2D eigenvalue weighted by Gasteiger charge is 2.61. The average molecular weight is 732 g/mol. The van der Waals surface area contributed by atoms with Gasteiger partial charge in [0.1, 0.15) is 29.5 Å². The molecule has 1 aliphatic heterocycles. The molecule has 2 fully saturated rings. The maximum absolute atomic E-state index is 14.7. The summed E-state index contributed by atoms with van der Waals surface area (Å²) >= 11 is 0. The number of aromatic nitrogens is 1. The van der Waals surface area contributed by atoms with Crippen LogP contribution in [0.2, 0.25) is 0 Å². The monoisotopic (exact) mass is 731 g/mol. The summed E-state index contributed by atoms with van der Waals surface area (Å²) in [6, 6.07) is 24.4. The van der Waals surface area contributed by atoms with E-state index >= 15 is 0 Å². The van der Waals surface area contributed by atoms with E-state index in [0.717, 1.165) is 22.2 Å². The lowest BCUT2D eigenvalue weighted by atomic mass is 9.85. The molecule has 282 valence electrons. The van der Waals surface area contributed by atoms with E-state index in [0.29, 0.717) is 17.0 Å². The fraction of sp³-hybridized carbons (Fsp3) is 0.372. The van der Waals surface area contributed by atoms with Crippen LogP contribution in [0.1, 0.15) is 64.7 Å². The lowest BCUT2D eigenvalue weighted by Crippen LogP contribution is -2.56. The Morgan fingerprint density at radius 2 is 1.63 bits per heavy atom. The van der Waals surface area contributed by atoms with Gasteiger partial charge in [-0.15, -0.1) is 6.58 Å². The van der Waals surface area contributed by atoms with Crippen LogP contribution < -0.4 is 20.7 Å². The molecular weight excluding hydrogens is 683 g/mol. The fourth-order valence-corrected chi connectivity index (χ4v) is 6.98. The van der Waals surface area contributed by atoms with Gasteiger partial charge < -0.3 is 30.7 Å². The molecule has 0 spiro atoms. The van der Waals surface area contributed by atoms with E-state index in [4.69, 9.17) is 9.72 Å². The van der Waals surface area contributed by atoms with Gasteiger partial charge in [0.25, 0.3) is 5.91 Å². The van der Waals surface area contributed by atoms with Gasteiger partial charge in [0.05, 0.1) is 17.8 Å². The highest BCUT2D eigenvalue weighted by molar-refractivity contribution is 5.97. The standard InChI is InChI=1S/C43H49N5O6/c1-8-28-24-43(28,40(52)53)47-38(50)34-22-30(54-35-23-33(26-14-10-9-11-15-26)45-32-17-13-12-16-31(32)35)25-48(34)39(51)36(41(2,3)4)44-29-20-18-27(19-21-29)37(49)46-42(5,6)7/h8-21,23,28,30,34,36,44H,1,22,24-25H2,2-7H3,(H,46,49)(H,47,50)(H,52,53)/t28-,30+,34-,36+,43?/m0/s1. The molecule has 0 bridgehead atoms. The highest BCUT2D eigenvalue weighted by Crippen LogP contribution is 2.45. The molecule has 1 saturated carbocycles. The number of nitrogens with one attached hydrogen (secondary N) is 3. The Labute approximate surface area is 316 Å². The number of rotatable bonds is 11. The number of likely N-dealkylation sites (tertiary alicyclic amines) is 1. The SMILES string of the molecule is C=C[C@H]1CC1(NC(=O)[C@@H]1C[C@@H](Oc2cc(-c3ccccc3)nc3ccccc23)CN1C(=O)[C@@H](Nc1ccc(C(=O)NC(C)(C)C)cc1)C(C)(C)C)C(=O)O. The Balaban J connectivity index is 1.31. The fourth-order valence-electron chi connectivity index (χ4n) is 6.98. The quantitative estimate of drug-likeness (QED) is 0.129. The van der Waals surface area contributed by atoms with E-state index in [1.165, 1.54) is 11.0 Å². The second-order valence-corrected chi connectivity index (χ2v) is 16.4. The zero-order valence-corrected chi connectivity index (χ0v) is 31.7. The molecule has 1 aliphatic carbocycles. The summed E-state index contributed by atoms with van der Waals surface area (Å²) in [5.41, 5.74) is 0.973. The molecule has 4 N–H and O–H groups in total. The molecule has 1 aromatic heterocycles. The van der Waals surface area contributed by atoms with Crippen molar-refractivity contribution in [1.29, 1.82) is 0 Å². The van der Waals surface area contributed by atoms with E-state index in [9.17, 15) is 24.3 Å². The maximum atomic E-state index is 14.7. The molecule has 4 aromatic rings. The van der Waals surface area contributed by atoms with E-state index in [1.807, 2.05) is 102 Å². The summed E-state index contributed by atoms with van der Waals surface area (Å²) < 4.78 is 6.70. The number of pyridine rings is 1. The first-order chi connectivity index (χ1) is 25.5. The van der Waals surface area contributed by atoms with Crippen LogP contribution in [0.4, 0.5) is 5.69 Å². The van der Waals surface area contributed by atoms with Gasteiger partial charge in [0, 0.05) is 46.1 Å². The first-order valence-corrected chi connectivity index (χ1v) is 18.3. The van der Waals surface area contributed by atoms with Crippen LogP contribution >= 0.6 is 0 Å². The van der Waals surface area contributed by atoms with E-state index in [-0.39, 0.29) is 31.2 Å². The van der Waals surface area contributed by atoms with Crippen molar-refractivity contribution in [2.45, 2.75) is 83.6 Å². The van der Waals surface area contributed by atoms with Gasteiger partial charge in [-0.05, 0) is 69.0 Å². The summed E-state index contributed by atoms with van der Waals surface area (Å²) in [7, 11) is 0. The minimum Gasteiger partial charge on any atom is -0.488 e. The van der Waals surface area contributed by atoms with Crippen LogP contribution in [-0.4, -0.2) is 74.5 Å². The third-order valence-corrected chi connectivity index (χ3v) is 9.98. The Hall–Kier alpha value is -5.71. The Morgan fingerprint density at radius 3 is 2.24 bits per heavy atom. The van der Waals surface area contributed by atoms with Crippen LogP contribution in [0.3, 0.4) is 0 Å². The van der Waals surface area contributed by atoms with Crippen molar-refractivity contribution in [3.63, 3.8) is 0 Å². The van der Waals surface area contributed by atoms with E-state index in [2.05, 4.69) is 22.5 Å². The van der Waals surface area contributed by atoms with Crippen molar-refractivity contribution < 1.29 is 29.0 Å². The third kappa shape index (κ3) is 8.10. The van der Waals surface area contributed by atoms with Gasteiger partial charge in [-0.1, -0.05) is 69.3 Å². The molecule has 3 amide bonds. The zero-order chi connectivity index (χ0) is 39.0. The molecule has 5 atom stereocenters. The Bertz CT molecular complexity index is 2070. The minimum absolute atomic E-state index is 0.0827. The summed E-state index contributed by atoms with van der Waals surface area (Å²) in [6.07, 6.45) is 1.29. The largest absolute Gasteiger partial charge is 0.488 e. The number of benzene rings is 3. The number of para-hydroxylation sites is 1.